The van der Waals surface area contributed by atoms with Crippen LogP contribution >= 0.6 is 11.9 Å². The largest absolute Gasteiger partial charge is 0.490 e. The standard InChI is InChI=1S/C24H26F2N6OS/c1-15-18-14-29-24(23-27-7-2-8-28-23)31-20(18)6-10-32(15)16-12-19(25)22(26)21(13-16)33-11-3-9-30-34-17-4-5-17/h2,7-8,12-15,17,30H,3-6,9-11H2,1H3. The maximum Gasteiger partial charge on any atom is 0.200 e. The smallest absolute Gasteiger partial charge is 0.200 e. The number of anilines is 1. The average Bonchev–Trinajstić information content (AvgIpc) is 3.69. The summed E-state index contributed by atoms with van der Waals surface area (Å²) < 4.78 is 37.8. The lowest BCUT2D eigenvalue weighted by Crippen LogP contribution is -2.35. The van der Waals surface area contributed by atoms with Crippen molar-refractivity contribution in [2.24, 2.45) is 0 Å². The Kier molecular flexibility index (Phi) is 6.87. The van der Waals surface area contributed by atoms with E-state index in [0.29, 0.717) is 43.3 Å². The minimum Gasteiger partial charge on any atom is -0.490 e. The normalized spacial score (nSPS) is 17.5. The van der Waals surface area contributed by atoms with Crippen LogP contribution in [0.1, 0.15) is 43.5 Å². The molecule has 1 atom stereocenters. The minimum atomic E-state index is -0.954. The van der Waals surface area contributed by atoms with Crippen molar-refractivity contribution in [3.8, 4) is 17.4 Å². The summed E-state index contributed by atoms with van der Waals surface area (Å²) in [6.45, 7) is 3.69. The Hall–Kier alpha value is -2.85. The van der Waals surface area contributed by atoms with Gasteiger partial charge < -0.3 is 9.64 Å². The molecule has 1 N–H and O–H groups in total. The van der Waals surface area contributed by atoms with Crippen LogP contribution in [0.5, 0.6) is 5.75 Å². The summed E-state index contributed by atoms with van der Waals surface area (Å²) in [7, 11) is 0. The number of halogens is 2. The second kappa shape index (κ2) is 10.2. The molecule has 34 heavy (non-hydrogen) atoms. The van der Waals surface area contributed by atoms with E-state index in [4.69, 9.17) is 4.74 Å². The summed E-state index contributed by atoms with van der Waals surface area (Å²) in [5.74, 6) is -0.973. The predicted octanol–water partition coefficient (Wildman–Crippen LogP) is 4.50. The van der Waals surface area contributed by atoms with E-state index >= 15 is 0 Å². The number of rotatable bonds is 9. The van der Waals surface area contributed by atoms with Gasteiger partial charge in [0.2, 0.25) is 5.82 Å². The van der Waals surface area contributed by atoms with E-state index in [0.717, 1.165) is 23.1 Å². The molecule has 3 heterocycles. The van der Waals surface area contributed by atoms with Crippen LogP contribution in [-0.2, 0) is 6.42 Å². The molecular formula is C24H26F2N6OS. The number of nitrogens with one attached hydrogen (secondary N) is 1. The van der Waals surface area contributed by atoms with E-state index in [1.165, 1.54) is 18.9 Å². The first-order chi connectivity index (χ1) is 16.6. The van der Waals surface area contributed by atoms with Crippen LogP contribution in [0.2, 0.25) is 0 Å². The molecule has 1 aliphatic carbocycles. The third kappa shape index (κ3) is 5.12. The Morgan fingerprint density at radius 2 is 1.97 bits per heavy atom. The molecule has 5 rings (SSSR count). The van der Waals surface area contributed by atoms with Crippen molar-refractivity contribution in [1.82, 2.24) is 24.7 Å². The highest BCUT2D eigenvalue weighted by Gasteiger charge is 2.28. The number of aromatic nitrogens is 4. The summed E-state index contributed by atoms with van der Waals surface area (Å²) in [4.78, 5) is 19.6. The van der Waals surface area contributed by atoms with Crippen molar-refractivity contribution < 1.29 is 13.5 Å². The van der Waals surface area contributed by atoms with Gasteiger partial charge >= 0.3 is 0 Å². The molecule has 1 aromatic carbocycles. The summed E-state index contributed by atoms with van der Waals surface area (Å²) >= 11 is 1.75. The van der Waals surface area contributed by atoms with Crippen LogP contribution in [0.25, 0.3) is 11.6 Å². The Morgan fingerprint density at radius 3 is 2.76 bits per heavy atom. The van der Waals surface area contributed by atoms with Crippen molar-refractivity contribution in [2.75, 3.05) is 24.6 Å². The SMILES string of the molecule is CC1c2cnc(-c3ncccn3)nc2CCN1c1cc(F)c(F)c(OCCCNSC2CC2)c1. The van der Waals surface area contributed by atoms with Crippen molar-refractivity contribution in [3.05, 3.63) is 59.7 Å². The maximum atomic E-state index is 14.4. The number of hydrogen-bond donors (Lipinski definition) is 1. The fourth-order valence-corrected chi connectivity index (χ4v) is 4.82. The zero-order chi connectivity index (χ0) is 23.5. The second-order valence-electron chi connectivity index (χ2n) is 8.44. The van der Waals surface area contributed by atoms with Gasteiger partial charge in [0, 0.05) is 66.7 Å². The highest BCUT2D eigenvalue weighted by Crippen LogP contribution is 2.36. The molecular weight excluding hydrogens is 458 g/mol. The monoisotopic (exact) mass is 484 g/mol. The van der Waals surface area contributed by atoms with Gasteiger partial charge in [-0.3, -0.25) is 4.72 Å². The van der Waals surface area contributed by atoms with Gasteiger partial charge in [-0.25, -0.2) is 24.3 Å². The quantitative estimate of drug-likeness (QED) is 0.351. The van der Waals surface area contributed by atoms with Crippen molar-refractivity contribution in [1.29, 1.82) is 0 Å². The molecule has 7 nitrogen and oxygen atoms in total. The third-order valence-corrected chi connectivity index (χ3v) is 7.11. The van der Waals surface area contributed by atoms with Crippen LogP contribution in [0.4, 0.5) is 14.5 Å². The topological polar surface area (TPSA) is 76.1 Å². The van der Waals surface area contributed by atoms with Crippen LogP contribution in [0.3, 0.4) is 0 Å². The molecule has 0 saturated heterocycles. The van der Waals surface area contributed by atoms with Gasteiger partial charge in [-0.05, 0) is 32.3 Å². The van der Waals surface area contributed by atoms with Gasteiger partial charge in [0.15, 0.2) is 23.2 Å². The first-order valence-corrected chi connectivity index (χ1v) is 12.4. The van der Waals surface area contributed by atoms with E-state index < -0.39 is 11.6 Å². The summed E-state index contributed by atoms with van der Waals surface area (Å²) in [6, 6.07) is 4.44. The highest BCUT2D eigenvalue weighted by molar-refractivity contribution is 7.98. The van der Waals surface area contributed by atoms with Gasteiger partial charge in [0.1, 0.15) is 0 Å². The zero-order valence-electron chi connectivity index (χ0n) is 18.9. The molecule has 0 spiro atoms. The number of benzene rings is 1. The summed E-state index contributed by atoms with van der Waals surface area (Å²) in [6.07, 6.45) is 8.96. The predicted molar refractivity (Wildman–Crippen MR) is 128 cm³/mol. The molecule has 178 valence electrons. The fraction of sp³-hybridized carbons (Fsp3) is 0.417. The summed E-state index contributed by atoms with van der Waals surface area (Å²) in [5, 5.41) is 0.726. The van der Waals surface area contributed by atoms with Crippen LogP contribution < -0.4 is 14.4 Å². The highest BCUT2D eigenvalue weighted by atomic mass is 32.2. The van der Waals surface area contributed by atoms with E-state index in [1.807, 2.05) is 11.8 Å². The molecule has 0 radical (unpaired) electrons. The minimum absolute atomic E-state index is 0.0596. The van der Waals surface area contributed by atoms with E-state index in [2.05, 4.69) is 24.7 Å². The Balaban J connectivity index is 1.28. The number of ether oxygens (including phenoxy) is 1. The fourth-order valence-electron chi connectivity index (χ4n) is 3.95. The molecule has 10 heteroatoms. The van der Waals surface area contributed by atoms with Gasteiger partial charge in [-0.1, -0.05) is 11.9 Å². The van der Waals surface area contributed by atoms with E-state index in [-0.39, 0.29) is 11.8 Å². The molecule has 1 aliphatic heterocycles. The molecule has 2 aliphatic rings. The number of nitrogens with zero attached hydrogens (tertiary/aromatic N) is 5. The van der Waals surface area contributed by atoms with Crippen LogP contribution in [0, 0.1) is 11.6 Å². The first-order valence-electron chi connectivity index (χ1n) is 11.5. The third-order valence-electron chi connectivity index (χ3n) is 5.94. The van der Waals surface area contributed by atoms with Crippen LogP contribution in [0.15, 0.2) is 36.8 Å². The molecule has 3 aromatic rings. The van der Waals surface area contributed by atoms with Crippen molar-refractivity contribution in [2.45, 2.75) is 43.9 Å². The Bertz CT molecular complexity index is 1150. The molecule has 1 fully saturated rings. The van der Waals surface area contributed by atoms with E-state index in [1.54, 1.807) is 42.7 Å². The van der Waals surface area contributed by atoms with Crippen molar-refractivity contribution in [3.63, 3.8) is 0 Å². The molecule has 1 unspecified atom stereocenters. The van der Waals surface area contributed by atoms with Gasteiger partial charge in [-0.15, -0.1) is 0 Å². The lowest BCUT2D eigenvalue weighted by Gasteiger charge is -2.36. The summed E-state index contributed by atoms with van der Waals surface area (Å²) in [5.41, 5.74) is 2.43. The van der Waals surface area contributed by atoms with Gasteiger partial charge in [0.25, 0.3) is 0 Å². The molecule has 0 bridgehead atoms. The Morgan fingerprint density at radius 1 is 1.15 bits per heavy atom. The Labute approximate surface area is 201 Å². The molecule has 1 saturated carbocycles. The maximum absolute atomic E-state index is 14.4. The van der Waals surface area contributed by atoms with E-state index in [9.17, 15) is 8.78 Å². The van der Waals surface area contributed by atoms with Gasteiger partial charge in [-0.2, -0.15) is 4.39 Å². The average molecular weight is 485 g/mol. The van der Waals surface area contributed by atoms with Crippen molar-refractivity contribution >= 4 is 17.6 Å². The zero-order valence-corrected chi connectivity index (χ0v) is 19.7. The first kappa shape index (κ1) is 22.9. The lowest BCUT2D eigenvalue weighted by atomic mass is 9.98. The molecule has 0 amide bonds. The number of hydrogen-bond acceptors (Lipinski definition) is 8. The second-order valence-corrected chi connectivity index (χ2v) is 9.63. The van der Waals surface area contributed by atoms with Gasteiger partial charge in [0.05, 0.1) is 18.3 Å². The number of fused-ring (bicyclic) bond motifs is 1. The van der Waals surface area contributed by atoms with Crippen LogP contribution in [-0.4, -0.2) is 44.9 Å². The molecule has 2 aromatic heterocycles. The lowest BCUT2D eigenvalue weighted by molar-refractivity contribution is 0.291.